The van der Waals surface area contributed by atoms with Gasteiger partial charge in [0, 0.05) is 29.5 Å². The zero-order valence-corrected chi connectivity index (χ0v) is 16.3. The first-order chi connectivity index (χ1) is 13.7. The van der Waals surface area contributed by atoms with Crippen LogP contribution in [0.3, 0.4) is 0 Å². The minimum Gasteiger partial charge on any atom is -0.420 e. The predicted molar refractivity (Wildman–Crippen MR) is 103 cm³/mol. The number of hydrogen-bond donors (Lipinski definition) is 0. The monoisotopic (exact) mass is 416 g/mol. The van der Waals surface area contributed by atoms with Crippen molar-refractivity contribution in [3.63, 3.8) is 0 Å². The Bertz CT molecular complexity index is 1100. The third kappa shape index (κ3) is 3.76. The van der Waals surface area contributed by atoms with Crippen molar-refractivity contribution in [1.29, 1.82) is 0 Å². The van der Waals surface area contributed by atoms with Gasteiger partial charge in [-0.3, -0.25) is 4.98 Å². The van der Waals surface area contributed by atoms with Gasteiger partial charge in [0.2, 0.25) is 5.89 Å². The Balaban J connectivity index is 1.52. The lowest BCUT2D eigenvalue weighted by Crippen LogP contribution is -2.00. The zero-order valence-electron chi connectivity index (χ0n) is 14.7. The summed E-state index contributed by atoms with van der Waals surface area (Å²) in [7, 11) is 0. The Hall–Kier alpha value is -2.78. The summed E-state index contributed by atoms with van der Waals surface area (Å²) in [5, 5.41) is 17.6. The van der Waals surface area contributed by atoms with Crippen molar-refractivity contribution >= 4 is 23.4 Å². The molecule has 10 heteroatoms. The molecule has 4 rings (SSSR count). The Kier molecular flexibility index (Phi) is 5.36. The van der Waals surface area contributed by atoms with Gasteiger partial charge in [-0.2, -0.15) is 0 Å². The van der Waals surface area contributed by atoms with E-state index in [1.165, 1.54) is 30.0 Å². The second-order valence-corrected chi connectivity index (χ2v) is 7.08. The van der Waals surface area contributed by atoms with Gasteiger partial charge in [-0.25, -0.2) is 4.39 Å². The van der Waals surface area contributed by atoms with Crippen molar-refractivity contribution in [1.82, 2.24) is 29.9 Å². The second-order valence-electron chi connectivity index (χ2n) is 5.70. The quantitative estimate of drug-likeness (QED) is 0.428. The van der Waals surface area contributed by atoms with Crippen LogP contribution in [0.25, 0.3) is 22.8 Å². The third-order valence-corrected chi connectivity index (χ3v) is 5.11. The van der Waals surface area contributed by atoms with E-state index >= 15 is 0 Å². The summed E-state index contributed by atoms with van der Waals surface area (Å²) in [6.07, 6.45) is 3.43. The molecule has 0 spiro atoms. The van der Waals surface area contributed by atoms with Crippen LogP contribution < -0.4 is 0 Å². The van der Waals surface area contributed by atoms with Crippen LogP contribution in [-0.2, 0) is 12.3 Å². The van der Waals surface area contributed by atoms with E-state index in [0.29, 0.717) is 23.2 Å². The summed E-state index contributed by atoms with van der Waals surface area (Å²) in [6, 6.07) is 7.95. The molecule has 0 saturated carbocycles. The Morgan fingerprint density at radius 1 is 1.11 bits per heavy atom. The van der Waals surface area contributed by atoms with Crippen LogP contribution in [-0.4, -0.2) is 29.9 Å². The van der Waals surface area contributed by atoms with Crippen LogP contribution >= 0.6 is 23.4 Å². The van der Waals surface area contributed by atoms with E-state index in [2.05, 4.69) is 25.4 Å². The SMILES string of the molecule is CCn1c(SCc2nnc(-c3cc(Cl)ccc3F)o2)nnc1-c1ccncc1. The van der Waals surface area contributed by atoms with Gasteiger partial charge in [-0.1, -0.05) is 23.4 Å². The number of halogens is 2. The molecule has 142 valence electrons. The largest absolute Gasteiger partial charge is 0.420 e. The lowest BCUT2D eigenvalue weighted by atomic mass is 10.2. The molecule has 4 aromatic rings. The smallest absolute Gasteiger partial charge is 0.250 e. The predicted octanol–water partition coefficient (Wildman–Crippen LogP) is 4.49. The van der Waals surface area contributed by atoms with E-state index in [1.807, 2.05) is 23.6 Å². The average Bonchev–Trinajstić information content (AvgIpc) is 3.35. The molecular weight excluding hydrogens is 403 g/mol. The van der Waals surface area contributed by atoms with E-state index in [4.69, 9.17) is 16.0 Å². The Morgan fingerprint density at radius 3 is 2.71 bits per heavy atom. The molecule has 3 heterocycles. The maximum absolute atomic E-state index is 14.0. The summed E-state index contributed by atoms with van der Waals surface area (Å²) in [4.78, 5) is 4.02. The molecule has 0 aliphatic rings. The van der Waals surface area contributed by atoms with Crippen molar-refractivity contribution in [3.8, 4) is 22.8 Å². The molecule has 0 saturated heterocycles. The van der Waals surface area contributed by atoms with Crippen molar-refractivity contribution in [3.05, 3.63) is 59.5 Å². The lowest BCUT2D eigenvalue weighted by Gasteiger charge is -2.06. The molecule has 0 aliphatic carbocycles. The standard InChI is InChI=1S/C18H14ClFN6OS/c1-2-26-16(11-5-7-21-8-6-11)23-25-18(26)28-10-15-22-24-17(27-15)13-9-12(19)3-4-14(13)20/h3-9H,2,10H2,1H3. The fraction of sp³-hybridized carbons (Fsp3) is 0.167. The highest BCUT2D eigenvalue weighted by atomic mass is 35.5. The van der Waals surface area contributed by atoms with Crippen LogP contribution in [0.2, 0.25) is 5.02 Å². The van der Waals surface area contributed by atoms with Gasteiger partial charge in [0.1, 0.15) is 5.82 Å². The summed E-state index contributed by atoms with van der Waals surface area (Å²) >= 11 is 7.33. The first-order valence-electron chi connectivity index (χ1n) is 8.40. The molecule has 0 fully saturated rings. The number of rotatable bonds is 6. The minimum atomic E-state index is -0.472. The Morgan fingerprint density at radius 2 is 1.93 bits per heavy atom. The maximum Gasteiger partial charge on any atom is 0.250 e. The number of benzene rings is 1. The molecule has 0 amide bonds. The van der Waals surface area contributed by atoms with Crippen LogP contribution in [0, 0.1) is 5.82 Å². The van der Waals surface area contributed by atoms with Gasteiger partial charge in [0.25, 0.3) is 5.89 Å². The number of hydrogen-bond acceptors (Lipinski definition) is 7. The van der Waals surface area contributed by atoms with E-state index in [0.717, 1.165) is 16.5 Å². The van der Waals surface area contributed by atoms with E-state index in [-0.39, 0.29) is 11.5 Å². The van der Waals surface area contributed by atoms with Gasteiger partial charge < -0.3 is 8.98 Å². The van der Waals surface area contributed by atoms with Crippen LogP contribution in [0.4, 0.5) is 4.39 Å². The van der Waals surface area contributed by atoms with E-state index < -0.39 is 5.82 Å². The summed E-state index contributed by atoms with van der Waals surface area (Å²) < 4.78 is 21.5. The first-order valence-corrected chi connectivity index (χ1v) is 9.76. The van der Waals surface area contributed by atoms with Crippen molar-refractivity contribution in [2.24, 2.45) is 0 Å². The maximum atomic E-state index is 14.0. The van der Waals surface area contributed by atoms with Crippen LogP contribution in [0.15, 0.2) is 52.3 Å². The number of pyridine rings is 1. The van der Waals surface area contributed by atoms with Gasteiger partial charge >= 0.3 is 0 Å². The first kappa shape index (κ1) is 18.6. The number of thioether (sulfide) groups is 1. The molecule has 0 unspecified atom stereocenters. The molecule has 0 N–H and O–H groups in total. The van der Waals surface area contributed by atoms with Gasteiger partial charge in [0.15, 0.2) is 11.0 Å². The van der Waals surface area contributed by atoms with Gasteiger partial charge in [-0.15, -0.1) is 20.4 Å². The fourth-order valence-electron chi connectivity index (χ4n) is 2.60. The van der Waals surface area contributed by atoms with E-state index in [1.54, 1.807) is 12.4 Å². The lowest BCUT2D eigenvalue weighted by molar-refractivity contribution is 0.522. The molecule has 0 aliphatic heterocycles. The summed E-state index contributed by atoms with van der Waals surface area (Å²) in [5.41, 5.74) is 1.11. The molecule has 28 heavy (non-hydrogen) atoms. The van der Waals surface area contributed by atoms with Crippen molar-refractivity contribution in [2.75, 3.05) is 0 Å². The molecule has 0 bridgehead atoms. The molecule has 7 nitrogen and oxygen atoms in total. The van der Waals surface area contributed by atoms with Crippen molar-refractivity contribution in [2.45, 2.75) is 24.4 Å². The molecule has 1 aromatic carbocycles. The number of aromatic nitrogens is 6. The highest BCUT2D eigenvalue weighted by Crippen LogP contribution is 2.28. The minimum absolute atomic E-state index is 0.0880. The molecule has 3 aromatic heterocycles. The van der Waals surface area contributed by atoms with E-state index in [9.17, 15) is 4.39 Å². The molecule has 0 atom stereocenters. The second kappa shape index (κ2) is 8.07. The average molecular weight is 417 g/mol. The molecule has 0 radical (unpaired) electrons. The van der Waals surface area contributed by atoms with Crippen molar-refractivity contribution < 1.29 is 8.81 Å². The zero-order chi connectivity index (χ0) is 19.5. The summed E-state index contributed by atoms with van der Waals surface area (Å²) in [6.45, 7) is 2.72. The Labute approximate surface area is 169 Å². The fourth-order valence-corrected chi connectivity index (χ4v) is 3.61. The highest BCUT2D eigenvalue weighted by Gasteiger charge is 2.17. The van der Waals surface area contributed by atoms with Crippen LogP contribution in [0.5, 0.6) is 0 Å². The molecular formula is C18H14ClFN6OS. The van der Waals surface area contributed by atoms with Crippen LogP contribution in [0.1, 0.15) is 12.8 Å². The van der Waals surface area contributed by atoms with Gasteiger partial charge in [0.05, 0.1) is 11.3 Å². The van der Waals surface area contributed by atoms with Gasteiger partial charge in [-0.05, 0) is 37.3 Å². The highest BCUT2D eigenvalue weighted by molar-refractivity contribution is 7.98. The third-order valence-electron chi connectivity index (χ3n) is 3.92. The normalized spacial score (nSPS) is 11.1. The summed E-state index contributed by atoms with van der Waals surface area (Å²) in [5.74, 6) is 1.11. The topological polar surface area (TPSA) is 82.5 Å². The number of nitrogens with zero attached hydrogens (tertiary/aromatic N) is 6.